The first-order chi connectivity index (χ1) is 43.1. The third-order valence-electron chi connectivity index (χ3n) is 16.4. The van der Waals surface area contributed by atoms with Gasteiger partial charge >= 0.3 is 36.6 Å². The maximum Gasteiger partial charge on any atom is 0.418 e. The number of piperidine rings is 2. The van der Waals surface area contributed by atoms with Gasteiger partial charge in [-0.1, -0.05) is 48.2 Å². The molecule has 0 aromatic heterocycles. The Hall–Kier alpha value is -6.89. The molecule has 16 nitrogen and oxygen atoms in total. The van der Waals surface area contributed by atoms with Gasteiger partial charge in [-0.05, 0) is 84.4 Å². The summed E-state index contributed by atoms with van der Waals surface area (Å²) in [5, 5.41) is 38.2. The molecule has 4 aromatic carbocycles. The van der Waals surface area contributed by atoms with E-state index >= 15 is 52.7 Å². The first kappa shape index (κ1) is 70.0. The Bertz CT molecular complexity index is 3080. The van der Waals surface area contributed by atoms with Crippen LogP contribution in [0, 0.1) is 11.8 Å². The Labute approximate surface area is 520 Å². The summed E-state index contributed by atoms with van der Waals surface area (Å²) in [4.78, 5) is 58.3. The predicted octanol–water partition coefficient (Wildman–Crippen LogP) is 10.2. The molecule has 2 unspecified atom stereocenters. The molecule has 2 atom stereocenters. The molecule has 4 heterocycles. The second kappa shape index (κ2) is 30.2. The van der Waals surface area contributed by atoms with Gasteiger partial charge in [0.05, 0.1) is 73.7 Å². The average Bonchev–Trinajstić information content (AvgIpc) is 0.737. The topological polar surface area (TPSA) is 187 Å². The Balaban J connectivity index is 1.37. The highest BCUT2D eigenvalue weighted by molar-refractivity contribution is 7.99. The maximum absolute atomic E-state index is 16.3. The number of carboxylic acids is 2. The van der Waals surface area contributed by atoms with Crippen LogP contribution in [0.5, 0.6) is 0 Å². The Morgan fingerprint density at radius 3 is 1.16 bits per heavy atom. The minimum absolute atomic E-state index is 0.00462. The van der Waals surface area contributed by atoms with Crippen LogP contribution in [0.1, 0.15) is 59.1 Å². The van der Waals surface area contributed by atoms with Crippen LogP contribution < -0.4 is 9.80 Å². The number of para-hydroxylation sites is 2. The molecule has 8 rings (SSSR count). The number of aliphatic carboxylic acids is 2. The van der Waals surface area contributed by atoms with Crippen molar-refractivity contribution in [2.75, 3.05) is 141 Å². The number of hydrogen-bond donors (Lipinski definition) is 4. The summed E-state index contributed by atoms with van der Waals surface area (Å²) in [6.45, 7) is 1.37. The second-order valence-corrected chi connectivity index (χ2v) is 23.3. The molecule has 91 heavy (non-hydrogen) atoms. The Morgan fingerprint density at radius 2 is 0.835 bits per heavy atom. The van der Waals surface area contributed by atoms with Crippen LogP contribution in [0.25, 0.3) is 34.4 Å². The molecule has 0 spiro atoms. The Kier molecular flexibility index (Phi) is 23.3. The number of ether oxygens (including phenoxy) is 2. The number of amides is 2. The van der Waals surface area contributed by atoms with E-state index in [4.69, 9.17) is 19.7 Å². The van der Waals surface area contributed by atoms with E-state index in [1.165, 1.54) is 68.1 Å². The quantitative estimate of drug-likeness (QED) is 0.0331. The van der Waals surface area contributed by atoms with Crippen molar-refractivity contribution in [1.82, 2.24) is 19.6 Å². The third kappa shape index (κ3) is 17.4. The first-order valence-electron chi connectivity index (χ1n) is 29.4. The fraction of sp³-hybridized carbons (Fsp3) is 0.484. The lowest BCUT2D eigenvalue weighted by atomic mass is 9.88. The van der Waals surface area contributed by atoms with Crippen LogP contribution in [0.3, 0.4) is 0 Å². The van der Waals surface area contributed by atoms with Crippen molar-refractivity contribution in [2.24, 2.45) is 11.8 Å². The van der Waals surface area contributed by atoms with E-state index in [1.54, 1.807) is 0 Å². The molecular formula is C62H68F12N6O10S. The normalized spacial score (nSPS) is 18.7. The summed E-state index contributed by atoms with van der Waals surface area (Å²) in [5.41, 5.74) is -15.2. The number of halogens is 12. The van der Waals surface area contributed by atoms with Crippen molar-refractivity contribution in [3.05, 3.63) is 106 Å². The molecule has 4 saturated heterocycles. The van der Waals surface area contributed by atoms with E-state index in [0.29, 0.717) is 49.5 Å². The number of carbonyl (C=O) groups is 4. The molecule has 4 N–H and O–H groups in total. The van der Waals surface area contributed by atoms with Crippen LogP contribution >= 0.6 is 11.8 Å². The van der Waals surface area contributed by atoms with Crippen LogP contribution in [-0.4, -0.2) is 195 Å². The summed E-state index contributed by atoms with van der Waals surface area (Å²) in [6, 6.07) is 11.3. The number of carbonyl (C=O) groups excluding carboxylic acids is 2. The van der Waals surface area contributed by atoms with Crippen molar-refractivity contribution in [2.45, 2.75) is 60.2 Å². The van der Waals surface area contributed by atoms with Crippen LogP contribution in [0.15, 0.2) is 82.6 Å². The molecule has 496 valence electrons. The number of aliphatic hydroxyl groups is 2. The fourth-order valence-corrected chi connectivity index (χ4v) is 13.2. The molecule has 4 aromatic rings. The van der Waals surface area contributed by atoms with Gasteiger partial charge in [0.25, 0.3) is 0 Å². The lowest BCUT2D eigenvalue weighted by molar-refractivity contribution is -0.164. The summed E-state index contributed by atoms with van der Waals surface area (Å²) >= 11 is -0.680. The summed E-state index contributed by atoms with van der Waals surface area (Å²) in [7, 11) is 0. The fourth-order valence-electron chi connectivity index (χ4n) is 11.9. The summed E-state index contributed by atoms with van der Waals surface area (Å²) < 4.78 is 205. The van der Waals surface area contributed by atoms with Gasteiger partial charge in [-0.15, -0.1) is 0 Å². The maximum atomic E-state index is 16.3. The number of carboxylic acid groups (broad SMARTS) is 2. The van der Waals surface area contributed by atoms with E-state index in [-0.39, 0.29) is 166 Å². The third-order valence-corrected chi connectivity index (χ3v) is 17.4. The minimum Gasteiger partial charge on any atom is -0.481 e. The molecule has 4 aliphatic heterocycles. The monoisotopic (exact) mass is 1320 g/mol. The van der Waals surface area contributed by atoms with E-state index in [0.717, 1.165) is 0 Å². The molecule has 0 saturated carbocycles. The highest BCUT2D eigenvalue weighted by Crippen LogP contribution is 2.56. The largest absolute Gasteiger partial charge is 0.481 e. The van der Waals surface area contributed by atoms with Gasteiger partial charge in [-0.2, -0.15) is 52.7 Å². The predicted molar refractivity (Wildman–Crippen MR) is 313 cm³/mol. The van der Waals surface area contributed by atoms with Crippen molar-refractivity contribution in [3.8, 4) is 22.3 Å². The summed E-state index contributed by atoms with van der Waals surface area (Å²) in [6.07, 6.45) is -21.6. The zero-order valence-electron chi connectivity index (χ0n) is 49.1. The number of hydrogen-bond acceptors (Lipinski definition) is 13. The van der Waals surface area contributed by atoms with Gasteiger partial charge in [0.2, 0.25) is 11.8 Å². The van der Waals surface area contributed by atoms with Gasteiger partial charge in [0, 0.05) is 136 Å². The van der Waals surface area contributed by atoms with Crippen molar-refractivity contribution < 1.29 is 102 Å². The van der Waals surface area contributed by atoms with Gasteiger partial charge in [0.1, 0.15) is 0 Å². The molecule has 0 bridgehead atoms. The molecule has 4 fully saturated rings. The highest BCUT2D eigenvalue weighted by Gasteiger charge is 2.51. The number of aliphatic hydroxyl groups excluding tert-OH is 2. The van der Waals surface area contributed by atoms with Crippen molar-refractivity contribution in [1.29, 1.82) is 0 Å². The van der Waals surface area contributed by atoms with Gasteiger partial charge in [-0.3, -0.25) is 29.0 Å². The smallest absolute Gasteiger partial charge is 0.418 e. The number of nitrogens with zero attached hydrogens (tertiary/aromatic N) is 6. The number of piperazine rings is 2. The lowest BCUT2D eigenvalue weighted by Crippen LogP contribution is -2.49. The van der Waals surface area contributed by atoms with E-state index in [9.17, 15) is 29.4 Å². The van der Waals surface area contributed by atoms with Crippen LogP contribution in [0.4, 0.5) is 64.1 Å². The van der Waals surface area contributed by atoms with E-state index < -0.39 is 126 Å². The zero-order valence-corrected chi connectivity index (χ0v) is 49.9. The molecule has 0 radical (unpaired) electrons. The van der Waals surface area contributed by atoms with Gasteiger partial charge in [0.15, 0.2) is 0 Å². The highest BCUT2D eigenvalue weighted by atomic mass is 32.2. The van der Waals surface area contributed by atoms with Crippen molar-refractivity contribution >= 4 is 59.0 Å². The van der Waals surface area contributed by atoms with Crippen LogP contribution in [-0.2, 0) is 53.4 Å². The summed E-state index contributed by atoms with van der Waals surface area (Å²) in [5.74, 6) is -6.47. The first-order valence-corrected chi connectivity index (χ1v) is 30.2. The molecule has 29 heteroatoms. The number of alkyl halides is 12. The molecule has 4 aliphatic rings. The van der Waals surface area contributed by atoms with Gasteiger partial charge < -0.3 is 49.5 Å². The van der Waals surface area contributed by atoms with Crippen LogP contribution in [0.2, 0.25) is 0 Å². The zero-order chi connectivity index (χ0) is 66.0. The Morgan fingerprint density at radius 1 is 0.484 bits per heavy atom. The number of rotatable bonds is 22. The molecular weight excluding hydrogens is 1250 g/mol. The number of benzene rings is 4. The minimum atomic E-state index is -6.17. The lowest BCUT2D eigenvalue weighted by Gasteiger charge is -2.35. The average molecular weight is 1320 g/mol. The van der Waals surface area contributed by atoms with E-state index in [1.807, 2.05) is 9.80 Å². The molecule has 2 amide bonds. The SMILES string of the molecule is O=C(O)C1CCCN(c2ccccc2-c2cc(Sc3cc(-c4ccccc4N4CCCC(C(=O)O)C4)c(/C=C/C(=O)N4CCN(CCOCCO)CC4)c(C(F)(F)F)c3C(F)(F)F)c(C(F)(F)F)c(C(F)(F)F)c2/C=C/C(=O)N2CCN(CCOCCO)CC2)C1. The van der Waals surface area contributed by atoms with Crippen molar-refractivity contribution in [3.63, 3.8) is 0 Å². The van der Waals surface area contributed by atoms with Gasteiger partial charge in [-0.25, -0.2) is 0 Å². The standard InChI is InChI=1S/C62H68F12N6O10S/c63-59(64,65)53-43(13-15-51(83)77-23-19-75(20-24-77)27-31-89-33-29-81)45(41-9-1-3-11-47(41)79-17-5-7-39(37-79)57(85)86)35-49(55(53)61(69,70)71)91-50-36-46(42-10-2-4-12-48(42)80-18-6-8-40(38-80)58(87)88)44(54(60(66,67)68)56(50)62(72,73)74)14-16-52(84)78-25-21-76(22-26-78)28-32-90-34-30-82/h1-4,9-16,35-36,39-40,81-82H,5-8,17-34,37-38H2,(H,85,86)(H,87,88)/b15-13+,16-14+. The molecule has 0 aliphatic carbocycles. The number of anilines is 2. The second-order valence-electron chi connectivity index (χ2n) is 22.2. The van der Waals surface area contributed by atoms with E-state index in [2.05, 4.69) is 0 Å².